The summed E-state index contributed by atoms with van der Waals surface area (Å²) in [5, 5.41) is 0. The number of aryl methyl sites for hydroxylation is 2. The number of nitrogens with zero attached hydrogens (tertiary/aromatic N) is 1. The molecule has 0 spiro atoms. The standard InChI is InChI=1S/C28H25N/c1-22-8-6-12-27(20-22)29(28-13-7-9-23(2)21-28)26-18-16-25(17-19-26)15-14-24-10-4-3-5-11-24/h3-21H,1-2H3/b15-14+. The first kappa shape index (κ1) is 18.8. The van der Waals surface area contributed by atoms with Crippen molar-refractivity contribution in [2.75, 3.05) is 4.90 Å². The molecule has 0 unspecified atom stereocenters. The first-order valence-corrected chi connectivity index (χ1v) is 9.96. The summed E-state index contributed by atoms with van der Waals surface area (Å²) in [7, 11) is 0. The summed E-state index contributed by atoms with van der Waals surface area (Å²) < 4.78 is 0. The summed E-state index contributed by atoms with van der Waals surface area (Å²) >= 11 is 0. The molecule has 0 atom stereocenters. The molecule has 0 heterocycles. The fourth-order valence-corrected chi connectivity index (χ4v) is 3.47. The summed E-state index contributed by atoms with van der Waals surface area (Å²) in [5.74, 6) is 0. The average molecular weight is 376 g/mol. The minimum atomic E-state index is 1.15. The second-order valence-corrected chi connectivity index (χ2v) is 7.35. The van der Waals surface area contributed by atoms with Gasteiger partial charge in [0, 0.05) is 17.1 Å². The van der Waals surface area contributed by atoms with Gasteiger partial charge in [-0.3, -0.25) is 0 Å². The van der Waals surface area contributed by atoms with Crippen molar-refractivity contribution in [3.8, 4) is 0 Å². The molecule has 0 aromatic heterocycles. The van der Waals surface area contributed by atoms with E-state index in [9.17, 15) is 0 Å². The maximum Gasteiger partial charge on any atom is 0.0464 e. The van der Waals surface area contributed by atoms with Crippen LogP contribution in [0.5, 0.6) is 0 Å². The smallest absolute Gasteiger partial charge is 0.0464 e. The van der Waals surface area contributed by atoms with Gasteiger partial charge in [-0.2, -0.15) is 0 Å². The minimum absolute atomic E-state index is 1.15. The third-order valence-corrected chi connectivity index (χ3v) is 4.94. The van der Waals surface area contributed by atoms with E-state index in [0.717, 1.165) is 5.69 Å². The second-order valence-electron chi connectivity index (χ2n) is 7.35. The van der Waals surface area contributed by atoms with Crippen molar-refractivity contribution >= 4 is 29.2 Å². The molecule has 0 radical (unpaired) electrons. The molecule has 29 heavy (non-hydrogen) atoms. The Labute approximate surface area is 173 Å². The quantitative estimate of drug-likeness (QED) is 0.320. The van der Waals surface area contributed by atoms with Gasteiger partial charge in [0.05, 0.1) is 0 Å². The van der Waals surface area contributed by atoms with Crippen molar-refractivity contribution in [3.05, 3.63) is 125 Å². The maximum absolute atomic E-state index is 2.31. The molecule has 0 fully saturated rings. The fourth-order valence-electron chi connectivity index (χ4n) is 3.47. The number of benzene rings is 4. The van der Waals surface area contributed by atoms with Crippen LogP contribution in [0.3, 0.4) is 0 Å². The Kier molecular flexibility index (Phi) is 5.58. The largest absolute Gasteiger partial charge is 0.310 e. The Morgan fingerprint density at radius 3 is 1.52 bits per heavy atom. The average Bonchev–Trinajstić information content (AvgIpc) is 2.74. The number of hydrogen-bond acceptors (Lipinski definition) is 1. The summed E-state index contributed by atoms with van der Waals surface area (Å²) in [6.07, 6.45) is 4.30. The van der Waals surface area contributed by atoms with Crippen LogP contribution in [0.25, 0.3) is 12.2 Å². The number of rotatable bonds is 5. The molecule has 0 aliphatic carbocycles. The van der Waals surface area contributed by atoms with Crippen LogP contribution >= 0.6 is 0 Å². The second kappa shape index (κ2) is 8.62. The van der Waals surface area contributed by atoms with Gasteiger partial charge in [0.25, 0.3) is 0 Å². The molecule has 1 nitrogen and oxygen atoms in total. The van der Waals surface area contributed by atoms with Gasteiger partial charge in [-0.05, 0) is 72.5 Å². The lowest BCUT2D eigenvalue weighted by Crippen LogP contribution is -2.10. The SMILES string of the molecule is Cc1cccc(N(c2ccc(/C=C/c3ccccc3)cc2)c2cccc(C)c2)c1. The molecular weight excluding hydrogens is 350 g/mol. The predicted octanol–water partition coefficient (Wildman–Crippen LogP) is 7.94. The van der Waals surface area contributed by atoms with E-state index in [-0.39, 0.29) is 0 Å². The highest BCUT2D eigenvalue weighted by Crippen LogP contribution is 2.35. The van der Waals surface area contributed by atoms with E-state index in [1.54, 1.807) is 0 Å². The van der Waals surface area contributed by atoms with Crippen LogP contribution in [0.1, 0.15) is 22.3 Å². The Bertz CT molecular complexity index is 1060. The Morgan fingerprint density at radius 2 is 1.00 bits per heavy atom. The van der Waals surface area contributed by atoms with Gasteiger partial charge in [0.15, 0.2) is 0 Å². The molecular formula is C28H25N. The molecule has 0 saturated heterocycles. The third-order valence-electron chi connectivity index (χ3n) is 4.94. The van der Waals surface area contributed by atoms with Crippen LogP contribution in [-0.2, 0) is 0 Å². The molecule has 0 N–H and O–H groups in total. The normalized spacial score (nSPS) is 11.0. The molecule has 142 valence electrons. The zero-order valence-electron chi connectivity index (χ0n) is 16.9. The van der Waals surface area contributed by atoms with Crippen molar-refractivity contribution < 1.29 is 0 Å². The molecule has 0 aliphatic heterocycles. The topological polar surface area (TPSA) is 3.24 Å². The molecule has 0 amide bonds. The Balaban J connectivity index is 1.68. The summed E-state index contributed by atoms with van der Waals surface area (Å²) in [4.78, 5) is 2.31. The first-order valence-electron chi connectivity index (χ1n) is 9.96. The molecule has 4 aromatic rings. The number of anilines is 3. The van der Waals surface area contributed by atoms with Gasteiger partial charge < -0.3 is 4.90 Å². The third kappa shape index (κ3) is 4.64. The van der Waals surface area contributed by atoms with E-state index < -0.39 is 0 Å². The summed E-state index contributed by atoms with van der Waals surface area (Å²) in [6, 6.07) is 36.4. The van der Waals surface area contributed by atoms with Crippen LogP contribution in [0, 0.1) is 13.8 Å². The van der Waals surface area contributed by atoms with Gasteiger partial charge in [-0.25, -0.2) is 0 Å². The van der Waals surface area contributed by atoms with Crippen LogP contribution in [-0.4, -0.2) is 0 Å². The van der Waals surface area contributed by atoms with Gasteiger partial charge in [0.1, 0.15) is 0 Å². The van der Waals surface area contributed by atoms with Crippen LogP contribution < -0.4 is 4.90 Å². The van der Waals surface area contributed by atoms with Crippen molar-refractivity contribution in [2.45, 2.75) is 13.8 Å². The van der Waals surface area contributed by atoms with E-state index in [0.29, 0.717) is 0 Å². The maximum atomic E-state index is 2.31. The lowest BCUT2D eigenvalue weighted by atomic mass is 10.1. The molecule has 0 saturated carbocycles. The molecule has 0 aliphatic rings. The van der Waals surface area contributed by atoms with Crippen molar-refractivity contribution in [3.63, 3.8) is 0 Å². The van der Waals surface area contributed by atoms with Crippen LogP contribution in [0.15, 0.2) is 103 Å². The zero-order chi connectivity index (χ0) is 20.1. The molecule has 4 aromatic carbocycles. The zero-order valence-corrected chi connectivity index (χ0v) is 16.9. The highest BCUT2D eigenvalue weighted by atomic mass is 15.1. The van der Waals surface area contributed by atoms with E-state index in [1.807, 2.05) is 6.07 Å². The minimum Gasteiger partial charge on any atom is -0.310 e. The molecule has 0 bridgehead atoms. The Hall–Kier alpha value is -3.58. The van der Waals surface area contributed by atoms with Gasteiger partial charge in [-0.15, -0.1) is 0 Å². The highest BCUT2D eigenvalue weighted by Gasteiger charge is 2.12. The van der Waals surface area contributed by atoms with Crippen molar-refractivity contribution in [1.82, 2.24) is 0 Å². The van der Waals surface area contributed by atoms with E-state index >= 15 is 0 Å². The Morgan fingerprint density at radius 1 is 0.483 bits per heavy atom. The lowest BCUT2D eigenvalue weighted by Gasteiger charge is -2.26. The van der Waals surface area contributed by atoms with E-state index in [4.69, 9.17) is 0 Å². The van der Waals surface area contributed by atoms with Gasteiger partial charge in [-0.1, -0.05) is 78.9 Å². The predicted molar refractivity (Wildman–Crippen MR) is 126 cm³/mol. The summed E-state index contributed by atoms with van der Waals surface area (Å²) in [6.45, 7) is 4.27. The monoisotopic (exact) mass is 375 g/mol. The van der Waals surface area contributed by atoms with Crippen LogP contribution in [0.4, 0.5) is 17.1 Å². The van der Waals surface area contributed by atoms with E-state index in [2.05, 4.69) is 128 Å². The van der Waals surface area contributed by atoms with Crippen molar-refractivity contribution in [1.29, 1.82) is 0 Å². The lowest BCUT2D eigenvalue weighted by molar-refractivity contribution is 1.26. The highest BCUT2D eigenvalue weighted by molar-refractivity contribution is 5.78. The van der Waals surface area contributed by atoms with E-state index in [1.165, 1.54) is 33.6 Å². The summed E-state index contributed by atoms with van der Waals surface area (Å²) in [5.41, 5.74) is 8.39. The fraction of sp³-hybridized carbons (Fsp3) is 0.0714. The molecule has 1 heteroatoms. The van der Waals surface area contributed by atoms with Gasteiger partial charge >= 0.3 is 0 Å². The van der Waals surface area contributed by atoms with Crippen LogP contribution in [0.2, 0.25) is 0 Å². The first-order chi connectivity index (χ1) is 14.2. The molecule has 4 rings (SSSR count). The van der Waals surface area contributed by atoms with Gasteiger partial charge in [0.2, 0.25) is 0 Å². The van der Waals surface area contributed by atoms with Crippen molar-refractivity contribution in [2.24, 2.45) is 0 Å². The number of hydrogen-bond donors (Lipinski definition) is 0.